The Morgan fingerprint density at radius 3 is 2.67 bits per heavy atom. The fraction of sp³-hybridized carbons (Fsp3) is 0.250. The lowest BCUT2D eigenvalue weighted by molar-refractivity contribution is -0.123. The zero-order valence-corrected chi connectivity index (χ0v) is 12.3. The summed E-state index contributed by atoms with van der Waals surface area (Å²) in [5, 5.41) is 3.99. The summed E-state index contributed by atoms with van der Waals surface area (Å²) in [6.45, 7) is 5.46. The van der Waals surface area contributed by atoms with Crippen molar-refractivity contribution in [3.05, 3.63) is 53.5 Å². The second kappa shape index (κ2) is 6.74. The van der Waals surface area contributed by atoms with Crippen molar-refractivity contribution < 1.29 is 13.9 Å². The molecule has 2 rings (SSSR count). The van der Waals surface area contributed by atoms with Gasteiger partial charge in [-0.15, -0.1) is 0 Å². The number of para-hydroxylation sites is 1. The quantitative estimate of drug-likeness (QED) is 0.679. The molecule has 0 unspecified atom stereocenters. The number of ether oxygens (including phenoxy) is 1. The smallest absolute Gasteiger partial charge is 0.277 e. The number of benzene rings is 1. The highest BCUT2D eigenvalue weighted by atomic mass is 16.5. The maximum atomic E-state index is 11.7. The first-order chi connectivity index (χ1) is 10.1. The summed E-state index contributed by atoms with van der Waals surface area (Å²) in [7, 11) is 0. The number of nitrogens with zero attached hydrogens (tertiary/aromatic N) is 1. The molecule has 5 nitrogen and oxygen atoms in total. The third-order valence-corrected chi connectivity index (χ3v) is 2.90. The first kappa shape index (κ1) is 14.8. The number of carbonyl (C=O) groups is 1. The molecule has 0 atom stereocenters. The molecule has 0 aliphatic rings. The molecule has 1 amide bonds. The second-order valence-electron chi connectivity index (χ2n) is 4.70. The molecule has 0 saturated heterocycles. The summed E-state index contributed by atoms with van der Waals surface area (Å²) in [5.74, 6) is 1.80. The Morgan fingerprint density at radius 1 is 1.24 bits per heavy atom. The molecule has 0 bridgehead atoms. The standard InChI is InChI=1S/C16H18N2O3/c1-11-6-4-5-7-14(11)20-10-16(19)18-17-13(3)15-9-8-12(2)21-15/h4-9H,10H2,1-3H3,(H,18,19)/b17-13+. The van der Waals surface area contributed by atoms with Gasteiger partial charge in [0, 0.05) is 0 Å². The van der Waals surface area contributed by atoms with Gasteiger partial charge in [0.25, 0.3) is 5.91 Å². The molecular formula is C16H18N2O3. The van der Waals surface area contributed by atoms with Gasteiger partial charge < -0.3 is 9.15 Å². The van der Waals surface area contributed by atoms with Crippen LogP contribution in [0.1, 0.15) is 24.0 Å². The Labute approximate surface area is 123 Å². The number of nitrogens with one attached hydrogen (secondary N) is 1. The van der Waals surface area contributed by atoms with Gasteiger partial charge in [0.05, 0.1) is 0 Å². The molecule has 1 heterocycles. The van der Waals surface area contributed by atoms with E-state index in [2.05, 4.69) is 10.5 Å². The van der Waals surface area contributed by atoms with Crippen LogP contribution in [-0.2, 0) is 4.79 Å². The van der Waals surface area contributed by atoms with E-state index in [-0.39, 0.29) is 12.5 Å². The lowest BCUT2D eigenvalue weighted by atomic mass is 10.2. The minimum Gasteiger partial charge on any atom is -0.483 e. The van der Waals surface area contributed by atoms with E-state index in [0.717, 1.165) is 11.3 Å². The van der Waals surface area contributed by atoms with Gasteiger partial charge in [-0.05, 0) is 44.5 Å². The van der Waals surface area contributed by atoms with E-state index in [1.807, 2.05) is 50.2 Å². The van der Waals surface area contributed by atoms with Crippen LogP contribution in [0.3, 0.4) is 0 Å². The van der Waals surface area contributed by atoms with Crippen LogP contribution in [0.2, 0.25) is 0 Å². The van der Waals surface area contributed by atoms with Gasteiger partial charge in [-0.25, -0.2) is 5.43 Å². The van der Waals surface area contributed by atoms with Crippen LogP contribution in [0.5, 0.6) is 5.75 Å². The van der Waals surface area contributed by atoms with E-state index in [1.54, 1.807) is 6.92 Å². The molecule has 2 aromatic rings. The summed E-state index contributed by atoms with van der Waals surface area (Å²) in [5.41, 5.74) is 4.03. The van der Waals surface area contributed by atoms with Gasteiger partial charge >= 0.3 is 0 Å². The number of hydrogen-bond acceptors (Lipinski definition) is 4. The minimum absolute atomic E-state index is 0.0845. The SMILES string of the molecule is C/C(=N\NC(=O)COc1ccccc1C)c1ccc(C)o1. The predicted molar refractivity (Wildman–Crippen MR) is 80.5 cm³/mol. The molecule has 1 aromatic carbocycles. The molecule has 0 radical (unpaired) electrons. The minimum atomic E-state index is -0.319. The zero-order chi connectivity index (χ0) is 15.2. The third kappa shape index (κ3) is 4.21. The monoisotopic (exact) mass is 286 g/mol. The number of hydrogen-bond donors (Lipinski definition) is 1. The molecule has 0 aliphatic heterocycles. The summed E-state index contributed by atoms with van der Waals surface area (Å²) in [6, 6.07) is 11.2. The molecule has 0 saturated carbocycles. The van der Waals surface area contributed by atoms with Gasteiger partial charge in [0.2, 0.25) is 0 Å². The van der Waals surface area contributed by atoms with Crippen molar-refractivity contribution in [3.63, 3.8) is 0 Å². The number of furan rings is 1. The van der Waals surface area contributed by atoms with E-state index >= 15 is 0 Å². The van der Waals surface area contributed by atoms with Gasteiger partial charge in [0.15, 0.2) is 6.61 Å². The maximum Gasteiger partial charge on any atom is 0.277 e. The van der Waals surface area contributed by atoms with Crippen molar-refractivity contribution in [2.45, 2.75) is 20.8 Å². The van der Waals surface area contributed by atoms with Crippen LogP contribution in [0.25, 0.3) is 0 Å². The first-order valence-electron chi connectivity index (χ1n) is 6.64. The number of aryl methyl sites for hydroxylation is 2. The fourth-order valence-corrected chi connectivity index (χ4v) is 1.72. The van der Waals surface area contributed by atoms with Crippen molar-refractivity contribution >= 4 is 11.6 Å². The van der Waals surface area contributed by atoms with E-state index in [1.165, 1.54) is 0 Å². The first-order valence-corrected chi connectivity index (χ1v) is 6.64. The average Bonchev–Trinajstić information content (AvgIpc) is 2.90. The van der Waals surface area contributed by atoms with E-state index < -0.39 is 0 Å². The Morgan fingerprint density at radius 2 is 2.00 bits per heavy atom. The average molecular weight is 286 g/mol. The normalized spacial score (nSPS) is 11.3. The lowest BCUT2D eigenvalue weighted by Gasteiger charge is -2.07. The van der Waals surface area contributed by atoms with E-state index in [9.17, 15) is 4.79 Å². The summed E-state index contributed by atoms with van der Waals surface area (Å²) >= 11 is 0. The van der Waals surface area contributed by atoms with Crippen molar-refractivity contribution in [3.8, 4) is 5.75 Å². The van der Waals surface area contributed by atoms with Crippen molar-refractivity contribution in [1.82, 2.24) is 5.43 Å². The second-order valence-corrected chi connectivity index (χ2v) is 4.70. The maximum absolute atomic E-state index is 11.7. The molecule has 5 heteroatoms. The predicted octanol–water partition coefficient (Wildman–Crippen LogP) is 2.82. The van der Waals surface area contributed by atoms with E-state index in [4.69, 9.17) is 9.15 Å². The molecule has 0 fully saturated rings. The van der Waals surface area contributed by atoms with Crippen LogP contribution in [0.4, 0.5) is 0 Å². The Kier molecular flexibility index (Phi) is 4.77. The fourth-order valence-electron chi connectivity index (χ4n) is 1.72. The summed E-state index contributed by atoms with van der Waals surface area (Å²) in [6.07, 6.45) is 0. The largest absolute Gasteiger partial charge is 0.483 e. The molecule has 1 N–H and O–H groups in total. The molecule has 0 aliphatic carbocycles. The van der Waals surface area contributed by atoms with Crippen LogP contribution >= 0.6 is 0 Å². The Bertz CT molecular complexity index is 659. The van der Waals surface area contributed by atoms with Crippen LogP contribution < -0.4 is 10.2 Å². The number of carbonyl (C=O) groups excluding carboxylic acids is 1. The summed E-state index contributed by atoms with van der Waals surface area (Å²) in [4.78, 5) is 11.7. The lowest BCUT2D eigenvalue weighted by Crippen LogP contribution is -2.25. The number of hydrazone groups is 1. The molecule has 21 heavy (non-hydrogen) atoms. The molecule has 0 spiro atoms. The van der Waals surface area contributed by atoms with Crippen molar-refractivity contribution in [2.24, 2.45) is 5.10 Å². The van der Waals surface area contributed by atoms with Crippen molar-refractivity contribution in [1.29, 1.82) is 0 Å². The van der Waals surface area contributed by atoms with Crippen LogP contribution in [-0.4, -0.2) is 18.2 Å². The Balaban J connectivity index is 1.86. The van der Waals surface area contributed by atoms with Gasteiger partial charge in [0.1, 0.15) is 23.0 Å². The molecule has 110 valence electrons. The van der Waals surface area contributed by atoms with Gasteiger partial charge in [-0.1, -0.05) is 18.2 Å². The van der Waals surface area contributed by atoms with Crippen LogP contribution in [0.15, 0.2) is 45.9 Å². The molecular weight excluding hydrogens is 268 g/mol. The number of amides is 1. The van der Waals surface area contributed by atoms with Gasteiger partial charge in [-0.2, -0.15) is 5.10 Å². The molecule has 1 aromatic heterocycles. The third-order valence-electron chi connectivity index (χ3n) is 2.90. The highest BCUT2D eigenvalue weighted by Crippen LogP contribution is 2.15. The number of rotatable bonds is 5. The van der Waals surface area contributed by atoms with Crippen LogP contribution in [0, 0.1) is 13.8 Å². The van der Waals surface area contributed by atoms with E-state index in [0.29, 0.717) is 17.2 Å². The highest BCUT2D eigenvalue weighted by Gasteiger charge is 2.06. The van der Waals surface area contributed by atoms with Crippen molar-refractivity contribution in [2.75, 3.05) is 6.61 Å². The topological polar surface area (TPSA) is 63.8 Å². The zero-order valence-electron chi connectivity index (χ0n) is 12.3. The Hall–Kier alpha value is -2.56. The summed E-state index contributed by atoms with van der Waals surface area (Å²) < 4.78 is 10.8. The highest BCUT2D eigenvalue weighted by molar-refractivity contribution is 5.96. The van der Waals surface area contributed by atoms with Gasteiger partial charge in [-0.3, -0.25) is 4.79 Å².